The van der Waals surface area contributed by atoms with E-state index in [1.807, 2.05) is 6.92 Å². The van der Waals surface area contributed by atoms with E-state index in [0.29, 0.717) is 30.2 Å². The average Bonchev–Trinajstić information content (AvgIpc) is 3.22. The van der Waals surface area contributed by atoms with E-state index in [1.54, 1.807) is 13.2 Å². The van der Waals surface area contributed by atoms with E-state index in [-0.39, 0.29) is 0 Å². The van der Waals surface area contributed by atoms with Crippen molar-refractivity contribution >= 4 is 5.95 Å². The normalized spacial score (nSPS) is 15.9. The molecule has 0 bridgehead atoms. The van der Waals surface area contributed by atoms with Gasteiger partial charge in [-0.2, -0.15) is 5.26 Å². The molecule has 19 heavy (non-hydrogen) atoms. The molecule has 1 unspecified atom stereocenters. The standard InChI is InChI=1S/C14H20N4O/c1-10-8-13(9-15)17-14(16-10)18(6-7-19-3)11(2)12-4-5-12/h8,11-12H,4-7H2,1-3H3. The molecule has 1 aromatic heterocycles. The first-order valence-corrected chi connectivity index (χ1v) is 6.67. The summed E-state index contributed by atoms with van der Waals surface area (Å²) in [6.45, 7) is 5.48. The number of anilines is 1. The van der Waals surface area contributed by atoms with E-state index in [2.05, 4.69) is 27.9 Å². The predicted molar refractivity (Wildman–Crippen MR) is 72.9 cm³/mol. The number of aryl methyl sites for hydroxylation is 1. The molecule has 1 saturated carbocycles. The number of methoxy groups -OCH3 is 1. The van der Waals surface area contributed by atoms with Crippen molar-refractivity contribution in [3.05, 3.63) is 17.5 Å². The van der Waals surface area contributed by atoms with Crippen LogP contribution in [0, 0.1) is 24.2 Å². The Labute approximate surface area is 114 Å². The predicted octanol–water partition coefficient (Wildman–Crippen LogP) is 1.91. The number of rotatable bonds is 6. The minimum absolute atomic E-state index is 0.392. The van der Waals surface area contributed by atoms with Gasteiger partial charge in [-0.25, -0.2) is 9.97 Å². The van der Waals surface area contributed by atoms with Crippen LogP contribution in [0.4, 0.5) is 5.95 Å². The fraction of sp³-hybridized carbons (Fsp3) is 0.643. The Morgan fingerprint density at radius 3 is 2.84 bits per heavy atom. The van der Waals surface area contributed by atoms with Crippen molar-refractivity contribution in [1.29, 1.82) is 5.26 Å². The monoisotopic (exact) mass is 260 g/mol. The van der Waals surface area contributed by atoms with Crippen molar-refractivity contribution < 1.29 is 4.74 Å². The third-order valence-corrected chi connectivity index (χ3v) is 3.55. The summed E-state index contributed by atoms with van der Waals surface area (Å²) in [6.07, 6.45) is 2.53. The quantitative estimate of drug-likeness (QED) is 0.781. The Morgan fingerprint density at radius 1 is 1.53 bits per heavy atom. The van der Waals surface area contributed by atoms with Crippen LogP contribution in [-0.2, 0) is 4.74 Å². The van der Waals surface area contributed by atoms with E-state index in [0.717, 1.165) is 12.2 Å². The van der Waals surface area contributed by atoms with Crippen LogP contribution >= 0.6 is 0 Å². The first-order valence-electron chi connectivity index (χ1n) is 6.67. The van der Waals surface area contributed by atoms with Crippen LogP contribution in [0.2, 0.25) is 0 Å². The second-order valence-electron chi connectivity index (χ2n) is 5.07. The number of ether oxygens (including phenoxy) is 1. The summed E-state index contributed by atoms with van der Waals surface area (Å²) in [5, 5.41) is 9.02. The molecule has 1 heterocycles. The molecule has 5 nitrogen and oxygen atoms in total. The molecule has 1 aliphatic carbocycles. The van der Waals surface area contributed by atoms with Crippen LogP contribution < -0.4 is 4.90 Å². The third-order valence-electron chi connectivity index (χ3n) is 3.55. The van der Waals surface area contributed by atoms with E-state index in [4.69, 9.17) is 10.00 Å². The number of aromatic nitrogens is 2. The molecule has 0 aliphatic heterocycles. The lowest BCUT2D eigenvalue weighted by Crippen LogP contribution is -2.38. The Hall–Kier alpha value is -1.67. The molecule has 2 rings (SSSR count). The molecule has 1 atom stereocenters. The Morgan fingerprint density at radius 2 is 2.26 bits per heavy atom. The van der Waals surface area contributed by atoms with Crippen LogP contribution in [0.1, 0.15) is 31.2 Å². The summed E-state index contributed by atoms with van der Waals surface area (Å²) < 4.78 is 5.17. The highest BCUT2D eigenvalue weighted by Crippen LogP contribution is 2.36. The van der Waals surface area contributed by atoms with Gasteiger partial charge in [0.2, 0.25) is 5.95 Å². The summed E-state index contributed by atoms with van der Waals surface area (Å²) in [4.78, 5) is 11.0. The lowest BCUT2D eigenvalue weighted by molar-refractivity contribution is 0.202. The maximum Gasteiger partial charge on any atom is 0.227 e. The van der Waals surface area contributed by atoms with Crippen LogP contribution in [0.5, 0.6) is 0 Å². The highest BCUT2D eigenvalue weighted by atomic mass is 16.5. The second-order valence-corrected chi connectivity index (χ2v) is 5.07. The molecule has 0 aromatic carbocycles. The Bertz CT molecular complexity index is 479. The average molecular weight is 260 g/mol. The molecule has 5 heteroatoms. The van der Waals surface area contributed by atoms with Gasteiger partial charge in [0, 0.05) is 25.4 Å². The molecule has 0 saturated heterocycles. The van der Waals surface area contributed by atoms with Crippen LogP contribution in [-0.4, -0.2) is 36.3 Å². The zero-order valence-corrected chi connectivity index (χ0v) is 11.8. The van der Waals surface area contributed by atoms with Gasteiger partial charge in [0.1, 0.15) is 11.8 Å². The molecule has 0 radical (unpaired) electrons. The minimum atomic E-state index is 0.392. The van der Waals surface area contributed by atoms with Crippen LogP contribution in [0.3, 0.4) is 0 Å². The lowest BCUT2D eigenvalue weighted by atomic mass is 10.2. The van der Waals surface area contributed by atoms with Gasteiger partial charge in [-0.3, -0.25) is 0 Å². The van der Waals surface area contributed by atoms with Gasteiger partial charge < -0.3 is 9.64 Å². The molecular weight excluding hydrogens is 240 g/mol. The summed E-state index contributed by atoms with van der Waals surface area (Å²) in [7, 11) is 1.69. The van der Waals surface area contributed by atoms with Crippen LogP contribution in [0.15, 0.2) is 6.07 Å². The molecule has 102 valence electrons. The Kier molecular flexibility index (Phi) is 4.33. The summed E-state index contributed by atoms with van der Waals surface area (Å²) >= 11 is 0. The number of nitriles is 1. The molecular formula is C14H20N4O. The molecule has 1 aromatic rings. The SMILES string of the molecule is COCCN(c1nc(C)cc(C#N)n1)C(C)C1CC1. The Balaban J connectivity index is 2.25. The maximum absolute atomic E-state index is 9.02. The molecule has 1 aliphatic rings. The van der Waals surface area contributed by atoms with E-state index >= 15 is 0 Å². The second kappa shape index (κ2) is 5.98. The maximum atomic E-state index is 9.02. The summed E-state index contributed by atoms with van der Waals surface area (Å²) in [5.74, 6) is 1.36. The summed E-state index contributed by atoms with van der Waals surface area (Å²) in [6, 6.07) is 4.19. The highest BCUT2D eigenvalue weighted by Gasteiger charge is 2.33. The first-order chi connectivity index (χ1) is 9.15. The smallest absolute Gasteiger partial charge is 0.227 e. The zero-order valence-electron chi connectivity index (χ0n) is 11.8. The van der Waals surface area contributed by atoms with Gasteiger partial charge in [0.05, 0.1) is 6.61 Å². The van der Waals surface area contributed by atoms with Crippen molar-refractivity contribution in [3.63, 3.8) is 0 Å². The number of hydrogen-bond acceptors (Lipinski definition) is 5. The van der Waals surface area contributed by atoms with Crippen LogP contribution in [0.25, 0.3) is 0 Å². The van der Waals surface area contributed by atoms with Crippen molar-refractivity contribution in [1.82, 2.24) is 9.97 Å². The fourth-order valence-electron chi connectivity index (χ4n) is 2.25. The molecule has 0 N–H and O–H groups in total. The van der Waals surface area contributed by atoms with Gasteiger partial charge in [-0.15, -0.1) is 0 Å². The van der Waals surface area contributed by atoms with Gasteiger partial charge in [0.25, 0.3) is 0 Å². The molecule has 1 fully saturated rings. The third kappa shape index (κ3) is 3.42. The highest BCUT2D eigenvalue weighted by molar-refractivity contribution is 5.37. The van der Waals surface area contributed by atoms with Gasteiger partial charge >= 0.3 is 0 Å². The van der Waals surface area contributed by atoms with Crippen molar-refractivity contribution in [2.45, 2.75) is 32.7 Å². The first kappa shape index (κ1) is 13.8. The summed E-state index contributed by atoms with van der Waals surface area (Å²) in [5.41, 5.74) is 1.25. The van der Waals surface area contributed by atoms with E-state index < -0.39 is 0 Å². The zero-order chi connectivity index (χ0) is 13.8. The van der Waals surface area contributed by atoms with E-state index in [9.17, 15) is 0 Å². The topological polar surface area (TPSA) is 62.0 Å². The number of nitrogens with zero attached hydrogens (tertiary/aromatic N) is 4. The van der Waals surface area contributed by atoms with Crippen molar-refractivity contribution in [3.8, 4) is 6.07 Å². The molecule has 0 spiro atoms. The van der Waals surface area contributed by atoms with E-state index in [1.165, 1.54) is 12.8 Å². The largest absolute Gasteiger partial charge is 0.383 e. The fourth-order valence-corrected chi connectivity index (χ4v) is 2.25. The number of hydrogen-bond donors (Lipinski definition) is 0. The minimum Gasteiger partial charge on any atom is -0.383 e. The van der Waals surface area contributed by atoms with Gasteiger partial charge in [-0.05, 0) is 38.7 Å². The van der Waals surface area contributed by atoms with Gasteiger partial charge in [-0.1, -0.05) is 0 Å². The molecule has 0 amide bonds. The van der Waals surface area contributed by atoms with Crippen molar-refractivity contribution in [2.24, 2.45) is 5.92 Å². The van der Waals surface area contributed by atoms with Crippen molar-refractivity contribution in [2.75, 3.05) is 25.2 Å². The lowest BCUT2D eigenvalue weighted by Gasteiger charge is -2.29. The van der Waals surface area contributed by atoms with Gasteiger partial charge in [0.15, 0.2) is 0 Å².